The quantitative estimate of drug-likeness (QED) is 0.678. The molecule has 0 fully saturated rings. The standard InChI is InChI=1S/C22H28N4/c1-14-10-19(25-15(2)24-14)22(6,7)12-16-8-9-17-18(11-16)26-20(13-23-17)21(3,4)5/h8-11,13H,12H2,1-7H3. The molecule has 0 radical (unpaired) electrons. The molecule has 0 atom stereocenters. The molecule has 4 heteroatoms. The van der Waals surface area contributed by atoms with Crippen molar-refractivity contribution in [3.8, 4) is 0 Å². The first kappa shape index (κ1) is 18.4. The zero-order chi connectivity index (χ0) is 19.1. The maximum Gasteiger partial charge on any atom is 0.125 e. The largest absolute Gasteiger partial charge is 0.253 e. The molecule has 136 valence electrons. The highest BCUT2D eigenvalue weighted by atomic mass is 14.9. The second-order valence-corrected chi connectivity index (χ2v) is 8.83. The molecule has 4 nitrogen and oxygen atoms in total. The summed E-state index contributed by atoms with van der Waals surface area (Å²) in [4.78, 5) is 18.5. The molecule has 26 heavy (non-hydrogen) atoms. The summed E-state index contributed by atoms with van der Waals surface area (Å²) in [5.74, 6) is 0.826. The Morgan fingerprint density at radius 3 is 2.19 bits per heavy atom. The fourth-order valence-electron chi connectivity index (χ4n) is 3.19. The molecule has 0 aliphatic carbocycles. The van der Waals surface area contributed by atoms with Crippen LogP contribution in [0.25, 0.3) is 11.0 Å². The number of fused-ring (bicyclic) bond motifs is 1. The molecule has 0 spiro atoms. The molecular weight excluding hydrogens is 320 g/mol. The predicted octanol–water partition coefficient (Wildman–Crippen LogP) is 4.85. The highest BCUT2D eigenvalue weighted by Gasteiger charge is 2.24. The van der Waals surface area contributed by atoms with E-state index in [4.69, 9.17) is 4.98 Å². The van der Waals surface area contributed by atoms with Gasteiger partial charge in [0.15, 0.2) is 0 Å². The fourth-order valence-corrected chi connectivity index (χ4v) is 3.19. The Labute approximate surface area is 156 Å². The van der Waals surface area contributed by atoms with Gasteiger partial charge in [0.1, 0.15) is 5.82 Å². The second kappa shape index (κ2) is 6.42. The van der Waals surface area contributed by atoms with Gasteiger partial charge in [-0.1, -0.05) is 40.7 Å². The van der Waals surface area contributed by atoms with Gasteiger partial charge in [-0.15, -0.1) is 0 Å². The van der Waals surface area contributed by atoms with Gasteiger partial charge in [-0.05, 0) is 44.0 Å². The number of rotatable bonds is 3. The number of benzene rings is 1. The third-order valence-corrected chi connectivity index (χ3v) is 4.68. The van der Waals surface area contributed by atoms with Crippen LogP contribution in [0.5, 0.6) is 0 Å². The minimum absolute atomic E-state index is 0.00746. The maximum absolute atomic E-state index is 4.85. The van der Waals surface area contributed by atoms with Crippen molar-refractivity contribution in [2.75, 3.05) is 0 Å². The molecule has 0 N–H and O–H groups in total. The summed E-state index contributed by atoms with van der Waals surface area (Å²) in [6.45, 7) is 14.9. The Morgan fingerprint density at radius 2 is 1.54 bits per heavy atom. The number of hydrogen-bond acceptors (Lipinski definition) is 4. The van der Waals surface area contributed by atoms with Crippen LogP contribution in [0.3, 0.4) is 0 Å². The lowest BCUT2D eigenvalue weighted by atomic mass is 9.82. The number of nitrogens with zero attached hydrogens (tertiary/aromatic N) is 4. The molecule has 0 aliphatic rings. The molecule has 1 aromatic carbocycles. The highest BCUT2D eigenvalue weighted by molar-refractivity contribution is 5.75. The summed E-state index contributed by atoms with van der Waals surface area (Å²) >= 11 is 0. The lowest BCUT2D eigenvalue weighted by Crippen LogP contribution is -2.23. The van der Waals surface area contributed by atoms with Gasteiger partial charge < -0.3 is 0 Å². The molecule has 2 aromatic heterocycles. The van der Waals surface area contributed by atoms with Crippen LogP contribution in [0.4, 0.5) is 0 Å². The van der Waals surface area contributed by atoms with E-state index < -0.39 is 0 Å². The normalized spacial score (nSPS) is 12.6. The van der Waals surface area contributed by atoms with E-state index in [0.717, 1.165) is 40.4 Å². The van der Waals surface area contributed by atoms with Gasteiger partial charge in [-0.25, -0.2) is 15.0 Å². The topological polar surface area (TPSA) is 51.6 Å². The molecule has 3 aromatic rings. The number of aryl methyl sites for hydroxylation is 2. The van der Waals surface area contributed by atoms with E-state index in [0.29, 0.717) is 0 Å². The third kappa shape index (κ3) is 3.90. The van der Waals surface area contributed by atoms with Crippen molar-refractivity contribution in [2.45, 2.75) is 65.7 Å². The van der Waals surface area contributed by atoms with Gasteiger partial charge in [0.2, 0.25) is 0 Å². The summed E-state index contributed by atoms with van der Waals surface area (Å²) in [6, 6.07) is 8.47. The molecule has 0 amide bonds. The zero-order valence-electron chi connectivity index (χ0n) is 16.9. The average Bonchev–Trinajstić information content (AvgIpc) is 2.52. The molecule has 2 heterocycles. The van der Waals surface area contributed by atoms with Gasteiger partial charge >= 0.3 is 0 Å². The second-order valence-electron chi connectivity index (χ2n) is 8.83. The Bertz CT molecular complexity index is 932. The molecule has 0 saturated carbocycles. The maximum atomic E-state index is 4.85. The Hall–Kier alpha value is -2.36. The van der Waals surface area contributed by atoms with E-state index in [1.807, 2.05) is 20.0 Å². The van der Waals surface area contributed by atoms with Crippen LogP contribution in [0, 0.1) is 13.8 Å². The van der Waals surface area contributed by atoms with E-state index >= 15 is 0 Å². The van der Waals surface area contributed by atoms with E-state index in [-0.39, 0.29) is 10.8 Å². The summed E-state index contributed by atoms with van der Waals surface area (Å²) in [5.41, 5.74) is 6.17. The SMILES string of the molecule is Cc1cc(C(C)(C)Cc2ccc3ncc(C(C)(C)C)nc3c2)nc(C)n1. The van der Waals surface area contributed by atoms with Crippen molar-refractivity contribution in [2.24, 2.45) is 0 Å². The molecule has 0 aliphatic heterocycles. The first-order valence-electron chi connectivity index (χ1n) is 9.13. The summed E-state index contributed by atoms with van der Waals surface area (Å²) in [6.07, 6.45) is 2.78. The van der Waals surface area contributed by atoms with Crippen LogP contribution in [-0.2, 0) is 17.3 Å². The van der Waals surface area contributed by atoms with E-state index in [2.05, 4.69) is 73.8 Å². The minimum atomic E-state index is -0.0821. The summed E-state index contributed by atoms with van der Waals surface area (Å²) in [7, 11) is 0. The van der Waals surface area contributed by atoms with Crippen molar-refractivity contribution < 1.29 is 0 Å². The first-order valence-corrected chi connectivity index (χ1v) is 9.13. The van der Waals surface area contributed by atoms with Crippen LogP contribution in [-0.4, -0.2) is 19.9 Å². The van der Waals surface area contributed by atoms with Crippen molar-refractivity contribution >= 4 is 11.0 Å². The van der Waals surface area contributed by atoms with Crippen molar-refractivity contribution in [1.82, 2.24) is 19.9 Å². The van der Waals surface area contributed by atoms with Crippen LogP contribution in [0.15, 0.2) is 30.5 Å². The van der Waals surface area contributed by atoms with Crippen LogP contribution in [0.2, 0.25) is 0 Å². The van der Waals surface area contributed by atoms with Crippen LogP contribution < -0.4 is 0 Å². The highest BCUT2D eigenvalue weighted by Crippen LogP contribution is 2.28. The number of hydrogen-bond donors (Lipinski definition) is 0. The van der Waals surface area contributed by atoms with Gasteiger partial charge in [0.25, 0.3) is 0 Å². The Kier molecular flexibility index (Phi) is 4.55. The molecule has 3 rings (SSSR count). The van der Waals surface area contributed by atoms with Crippen molar-refractivity contribution in [1.29, 1.82) is 0 Å². The van der Waals surface area contributed by atoms with Gasteiger partial charge in [0.05, 0.1) is 22.4 Å². The van der Waals surface area contributed by atoms with Crippen molar-refractivity contribution in [3.05, 3.63) is 58.9 Å². The Balaban J connectivity index is 1.97. The molecular formula is C22H28N4. The van der Waals surface area contributed by atoms with Gasteiger partial charge in [0, 0.05) is 22.7 Å². The smallest absolute Gasteiger partial charge is 0.125 e. The lowest BCUT2D eigenvalue weighted by molar-refractivity contribution is 0.501. The summed E-state index contributed by atoms with van der Waals surface area (Å²) < 4.78 is 0. The minimum Gasteiger partial charge on any atom is -0.253 e. The van der Waals surface area contributed by atoms with Gasteiger partial charge in [-0.2, -0.15) is 0 Å². The monoisotopic (exact) mass is 348 g/mol. The average molecular weight is 348 g/mol. The van der Waals surface area contributed by atoms with Crippen molar-refractivity contribution in [3.63, 3.8) is 0 Å². The lowest BCUT2D eigenvalue weighted by Gasteiger charge is -2.25. The van der Waals surface area contributed by atoms with Gasteiger partial charge in [-0.3, -0.25) is 4.98 Å². The summed E-state index contributed by atoms with van der Waals surface area (Å²) in [5, 5.41) is 0. The zero-order valence-corrected chi connectivity index (χ0v) is 16.9. The van der Waals surface area contributed by atoms with E-state index in [1.54, 1.807) is 0 Å². The predicted molar refractivity (Wildman–Crippen MR) is 106 cm³/mol. The molecule has 0 bridgehead atoms. The van der Waals surface area contributed by atoms with E-state index in [1.165, 1.54) is 5.56 Å². The van der Waals surface area contributed by atoms with Crippen LogP contribution in [0.1, 0.15) is 63.1 Å². The van der Waals surface area contributed by atoms with Crippen LogP contribution >= 0.6 is 0 Å². The van der Waals surface area contributed by atoms with E-state index in [9.17, 15) is 0 Å². The fraction of sp³-hybridized carbons (Fsp3) is 0.455. The molecule has 0 saturated heterocycles. The number of aromatic nitrogens is 4. The molecule has 0 unspecified atom stereocenters. The Morgan fingerprint density at radius 1 is 0.808 bits per heavy atom. The first-order chi connectivity index (χ1) is 12.0. The third-order valence-electron chi connectivity index (χ3n) is 4.68.